The lowest BCUT2D eigenvalue weighted by Crippen LogP contribution is -2.47. The molecule has 0 N–H and O–H groups in total. The van der Waals surface area contributed by atoms with Crippen LogP contribution >= 0.6 is 0 Å². The quantitative estimate of drug-likeness (QED) is 0.357. The molecule has 3 atom stereocenters. The first-order valence-electron chi connectivity index (χ1n) is 14.6. The van der Waals surface area contributed by atoms with Crippen molar-refractivity contribution in [2.24, 2.45) is 5.92 Å². The lowest BCUT2D eigenvalue weighted by Gasteiger charge is -2.36. The van der Waals surface area contributed by atoms with Gasteiger partial charge in [0.2, 0.25) is 0 Å². The highest BCUT2D eigenvalue weighted by molar-refractivity contribution is 5.99. The van der Waals surface area contributed by atoms with Gasteiger partial charge in [-0.25, -0.2) is 4.39 Å². The Labute approximate surface area is 237 Å². The number of amides is 1. The van der Waals surface area contributed by atoms with E-state index < -0.39 is 5.82 Å². The molecule has 2 aliphatic heterocycles. The van der Waals surface area contributed by atoms with Crippen molar-refractivity contribution in [3.8, 4) is 5.69 Å². The van der Waals surface area contributed by atoms with Gasteiger partial charge in [-0.1, -0.05) is 0 Å². The van der Waals surface area contributed by atoms with Gasteiger partial charge in [-0.15, -0.1) is 0 Å². The van der Waals surface area contributed by atoms with Crippen LogP contribution in [0.25, 0.3) is 16.6 Å². The Morgan fingerprint density at radius 2 is 2.08 bits per heavy atom. The molecule has 1 amide bonds. The monoisotopic (exact) mass is 550 g/mol. The number of nitrogens with zero attached hydrogens (tertiary/aromatic N) is 4. The van der Waals surface area contributed by atoms with Gasteiger partial charge in [0.25, 0.3) is 5.91 Å². The van der Waals surface area contributed by atoms with Crippen molar-refractivity contribution >= 4 is 16.8 Å². The molecule has 4 heterocycles. The number of benzene rings is 1. The summed E-state index contributed by atoms with van der Waals surface area (Å²) in [6, 6.07) is 4.76. The predicted octanol–water partition coefficient (Wildman–Crippen LogP) is 5.40. The number of carbonyl (C=O) groups excluding carboxylic acids is 1. The Morgan fingerprint density at radius 3 is 2.80 bits per heavy atom. The molecule has 2 fully saturated rings. The SMILES string of the molecule is COC[C@@H](C1CCCCO1)N1CC[C@@H](Cc2cn(-c3ccc(F)cc3C(=O)N(C)C(C)C)c3cncc(C)c23)C1. The summed E-state index contributed by atoms with van der Waals surface area (Å²) in [5, 5.41) is 1.16. The standard InChI is InChI=1S/C32H43FN4O3/c1-21(2)35(4)32(38)26-15-25(33)9-10-27(26)37-19-24(31-22(3)16-34-17-28(31)37)14-23-11-12-36(18-23)29(20-39-5)30-8-6-7-13-40-30/h9-10,15-17,19,21,23,29-30H,6-8,11-14,18,20H2,1-5H3/t23-,29-,30?/m0/s1. The molecule has 2 aromatic heterocycles. The van der Waals surface area contributed by atoms with Crippen molar-refractivity contribution in [2.75, 3.05) is 40.5 Å². The molecule has 2 aliphatic rings. The maximum Gasteiger partial charge on any atom is 0.256 e. The van der Waals surface area contributed by atoms with Crippen LogP contribution < -0.4 is 0 Å². The number of fused-ring (bicyclic) bond motifs is 1. The third-order valence-electron chi connectivity index (χ3n) is 8.80. The van der Waals surface area contributed by atoms with E-state index in [1.54, 1.807) is 25.1 Å². The van der Waals surface area contributed by atoms with Gasteiger partial charge in [0.1, 0.15) is 5.82 Å². The number of hydrogen-bond acceptors (Lipinski definition) is 5. The summed E-state index contributed by atoms with van der Waals surface area (Å²) in [6.45, 7) is 9.57. The van der Waals surface area contributed by atoms with Gasteiger partial charge in [-0.05, 0) is 94.7 Å². The largest absolute Gasteiger partial charge is 0.383 e. The van der Waals surface area contributed by atoms with Gasteiger partial charge in [0.15, 0.2) is 0 Å². The van der Waals surface area contributed by atoms with Crippen LogP contribution in [-0.2, 0) is 15.9 Å². The fourth-order valence-corrected chi connectivity index (χ4v) is 6.44. The molecule has 0 spiro atoms. The minimum atomic E-state index is -0.422. The lowest BCUT2D eigenvalue weighted by molar-refractivity contribution is -0.0581. The van der Waals surface area contributed by atoms with Crippen LogP contribution in [0.3, 0.4) is 0 Å². The van der Waals surface area contributed by atoms with Crippen LogP contribution in [0, 0.1) is 18.7 Å². The van der Waals surface area contributed by atoms with Gasteiger partial charge < -0.3 is 18.9 Å². The zero-order chi connectivity index (χ0) is 28.4. The third kappa shape index (κ3) is 5.80. The second-order valence-electron chi connectivity index (χ2n) is 11.8. The number of pyridine rings is 1. The summed E-state index contributed by atoms with van der Waals surface area (Å²) in [6.07, 6.45) is 11.6. The molecule has 0 saturated carbocycles. The highest BCUT2D eigenvalue weighted by atomic mass is 19.1. The van der Waals surface area contributed by atoms with Crippen molar-refractivity contribution in [3.63, 3.8) is 0 Å². The summed E-state index contributed by atoms with van der Waals surface area (Å²) < 4.78 is 28.2. The average molecular weight is 551 g/mol. The number of aromatic nitrogens is 2. The van der Waals surface area contributed by atoms with Crippen LogP contribution in [0.4, 0.5) is 4.39 Å². The molecule has 0 aliphatic carbocycles. The Morgan fingerprint density at radius 1 is 1.25 bits per heavy atom. The Balaban J connectivity index is 1.46. The second kappa shape index (κ2) is 12.4. The fourth-order valence-electron chi connectivity index (χ4n) is 6.44. The summed E-state index contributed by atoms with van der Waals surface area (Å²) in [7, 11) is 3.54. The van der Waals surface area contributed by atoms with E-state index in [4.69, 9.17) is 9.47 Å². The van der Waals surface area contributed by atoms with Crippen molar-refractivity contribution < 1.29 is 18.7 Å². The van der Waals surface area contributed by atoms with Crippen molar-refractivity contribution in [1.82, 2.24) is 19.4 Å². The first-order chi connectivity index (χ1) is 19.3. The predicted molar refractivity (Wildman–Crippen MR) is 156 cm³/mol. The normalized spacial score (nSPS) is 20.9. The van der Waals surface area contributed by atoms with Gasteiger partial charge in [-0.2, -0.15) is 0 Å². The van der Waals surface area contributed by atoms with E-state index >= 15 is 0 Å². The number of carbonyl (C=O) groups is 1. The van der Waals surface area contributed by atoms with E-state index in [2.05, 4.69) is 23.0 Å². The molecule has 0 radical (unpaired) electrons. The van der Waals surface area contributed by atoms with Gasteiger partial charge in [0.05, 0.1) is 41.7 Å². The van der Waals surface area contributed by atoms with Crippen LogP contribution in [0.1, 0.15) is 61.0 Å². The van der Waals surface area contributed by atoms with Crippen molar-refractivity contribution in [1.29, 1.82) is 0 Å². The maximum atomic E-state index is 14.4. The Hall–Kier alpha value is -2.81. The molecular formula is C32H43FN4O3. The van der Waals surface area contributed by atoms with Crippen molar-refractivity contribution in [3.05, 3.63) is 59.3 Å². The van der Waals surface area contributed by atoms with Gasteiger partial charge in [-0.3, -0.25) is 14.7 Å². The smallest absolute Gasteiger partial charge is 0.256 e. The number of methoxy groups -OCH3 is 1. The summed E-state index contributed by atoms with van der Waals surface area (Å²) in [5.41, 5.74) is 4.29. The van der Waals surface area contributed by atoms with Crippen LogP contribution in [0.5, 0.6) is 0 Å². The summed E-state index contributed by atoms with van der Waals surface area (Å²) >= 11 is 0. The van der Waals surface area contributed by atoms with Gasteiger partial charge in [0, 0.05) is 51.1 Å². The van der Waals surface area contributed by atoms with Crippen LogP contribution in [0.2, 0.25) is 0 Å². The lowest BCUT2D eigenvalue weighted by atomic mass is 9.97. The molecule has 216 valence electrons. The average Bonchev–Trinajstić information content (AvgIpc) is 3.57. The number of halogens is 1. The maximum absolute atomic E-state index is 14.4. The molecule has 1 aromatic carbocycles. The van der Waals surface area contributed by atoms with E-state index in [1.165, 1.54) is 24.1 Å². The topological polar surface area (TPSA) is 59.8 Å². The van der Waals surface area contributed by atoms with E-state index in [-0.39, 0.29) is 24.1 Å². The molecule has 2 saturated heterocycles. The minimum absolute atomic E-state index is 0.00393. The number of rotatable bonds is 9. The van der Waals surface area contributed by atoms with E-state index in [1.807, 2.05) is 30.8 Å². The molecule has 0 bridgehead atoms. The molecular weight excluding hydrogens is 507 g/mol. The molecule has 40 heavy (non-hydrogen) atoms. The third-order valence-corrected chi connectivity index (χ3v) is 8.80. The summed E-state index contributed by atoms with van der Waals surface area (Å²) in [5.74, 6) is -0.126. The number of aryl methyl sites for hydroxylation is 1. The van der Waals surface area contributed by atoms with E-state index in [0.29, 0.717) is 23.8 Å². The van der Waals surface area contributed by atoms with E-state index in [0.717, 1.165) is 61.8 Å². The fraction of sp³-hybridized carbons (Fsp3) is 0.562. The minimum Gasteiger partial charge on any atom is -0.383 e. The highest BCUT2D eigenvalue weighted by Crippen LogP contribution is 2.33. The molecule has 1 unspecified atom stereocenters. The van der Waals surface area contributed by atoms with Crippen molar-refractivity contribution in [2.45, 2.75) is 71.1 Å². The number of ether oxygens (including phenoxy) is 2. The molecule has 5 rings (SSSR count). The summed E-state index contributed by atoms with van der Waals surface area (Å²) in [4.78, 5) is 22.1. The second-order valence-corrected chi connectivity index (χ2v) is 11.8. The molecule has 3 aromatic rings. The van der Waals surface area contributed by atoms with E-state index in [9.17, 15) is 9.18 Å². The molecule has 8 heteroatoms. The first kappa shape index (κ1) is 28.7. The zero-order valence-electron chi connectivity index (χ0n) is 24.5. The number of hydrogen-bond donors (Lipinski definition) is 0. The Bertz CT molecular complexity index is 1330. The zero-order valence-corrected chi connectivity index (χ0v) is 24.5. The molecule has 7 nitrogen and oxygen atoms in total. The highest BCUT2D eigenvalue weighted by Gasteiger charge is 2.35. The number of likely N-dealkylation sites (tertiary alicyclic amines) is 1. The Kier molecular flexibility index (Phi) is 8.88. The van der Waals surface area contributed by atoms with Crippen LogP contribution in [0.15, 0.2) is 36.8 Å². The van der Waals surface area contributed by atoms with Crippen LogP contribution in [-0.4, -0.2) is 83.9 Å². The van der Waals surface area contributed by atoms with Gasteiger partial charge >= 0.3 is 0 Å². The first-order valence-corrected chi connectivity index (χ1v) is 14.6.